The second-order valence-electron chi connectivity index (χ2n) is 3.60. The maximum atomic E-state index is 12.3. The SMILES string of the molecule is CS(=O)(=O)c1ccc2c(c1)SN=CN2CCF. The quantitative estimate of drug-likeness (QED) is 0.790. The number of anilines is 1. The topological polar surface area (TPSA) is 49.7 Å². The number of halogens is 1. The molecule has 0 aliphatic carbocycles. The van der Waals surface area contributed by atoms with E-state index in [4.69, 9.17) is 0 Å². The highest BCUT2D eigenvalue weighted by Gasteiger charge is 2.17. The number of alkyl halides is 1. The van der Waals surface area contributed by atoms with Crippen molar-refractivity contribution < 1.29 is 12.8 Å². The van der Waals surface area contributed by atoms with E-state index in [9.17, 15) is 12.8 Å². The molecular weight excluding hydrogens is 263 g/mol. The third-order valence-electron chi connectivity index (χ3n) is 2.33. The molecule has 0 amide bonds. The molecule has 1 aromatic rings. The fourth-order valence-electron chi connectivity index (χ4n) is 1.50. The number of nitrogens with zero attached hydrogens (tertiary/aromatic N) is 2. The molecule has 1 aliphatic heterocycles. The highest BCUT2D eigenvalue weighted by atomic mass is 32.2. The Bertz CT molecular complexity index is 557. The van der Waals surface area contributed by atoms with Gasteiger partial charge in [0.2, 0.25) is 0 Å². The zero-order valence-electron chi connectivity index (χ0n) is 9.13. The van der Waals surface area contributed by atoms with Crippen molar-refractivity contribution in [3.8, 4) is 0 Å². The van der Waals surface area contributed by atoms with Gasteiger partial charge in [0.05, 0.1) is 22.0 Å². The summed E-state index contributed by atoms with van der Waals surface area (Å²) < 4.78 is 39.1. The molecule has 0 radical (unpaired) electrons. The molecule has 17 heavy (non-hydrogen) atoms. The third-order valence-corrected chi connectivity index (χ3v) is 4.17. The zero-order valence-corrected chi connectivity index (χ0v) is 10.8. The van der Waals surface area contributed by atoms with Crippen molar-refractivity contribution in [2.45, 2.75) is 9.79 Å². The van der Waals surface area contributed by atoms with Crippen LogP contribution in [0.4, 0.5) is 10.1 Å². The molecule has 2 rings (SSSR count). The first-order valence-electron chi connectivity index (χ1n) is 4.89. The Morgan fingerprint density at radius 1 is 1.47 bits per heavy atom. The van der Waals surface area contributed by atoms with Crippen molar-refractivity contribution in [3.63, 3.8) is 0 Å². The summed E-state index contributed by atoms with van der Waals surface area (Å²) in [6, 6.07) is 4.77. The van der Waals surface area contributed by atoms with Gasteiger partial charge in [-0.3, -0.25) is 0 Å². The summed E-state index contributed by atoms with van der Waals surface area (Å²) in [5, 5.41) is 0. The van der Waals surface area contributed by atoms with Crippen LogP contribution >= 0.6 is 11.9 Å². The van der Waals surface area contributed by atoms with Crippen LogP contribution in [-0.4, -0.2) is 34.2 Å². The summed E-state index contributed by atoms with van der Waals surface area (Å²) in [7, 11) is -3.22. The molecule has 0 N–H and O–H groups in total. The fourth-order valence-corrected chi connectivity index (χ4v) is 2.96. The van der Waals surface area contributed by atoms with Crippen LogP contribution in [0.3, 0.4) is 0 Å². The molecule has 0 bridgehead atoms. The van der Waals surface area contributed by atoms with Crippen molar-refractivity contribution in [1.29, 1.82) is 0 Å². The molecular formula is C10H11FN2O2S2. The Labute approximate surface area is 104 Å². The second kappa shape index (κ2) is 4.66. The van der Waals surface area contributed by atoms with E-state index in [1.807, 2.05) is 0 Å². The molecule has 7 heteroatoms. The minimum absolute atomic E-state index is 0.218. The Morgan fingerprint density at radius 3 is 2.88 bits per heavy atom. The van der Waals surface area contributed by atoms with Crippen LogP contribution in [0, 0.1) is 0 Å². The standard InChI is InChI=1S/C10H11FN2O2S2/c1-17(14,15)8-2-3-9-10(6-8)16-12-7-13(9)5-4-11/h2-3,6-7H,4-5H2,1H3. The molecule has 0 aromatic heterocycles. The number of fused-ring (bicyclic) bond motifs is 1. The minimum Gasteiger partial charge on any atom is -0.328 e. The molecule has 1 aromatic carbocycles. The predicted molar refractivity (Wildman–Crippen MR) is 67.2 cm³/mol. The lowest BCUT2D eigenvalue weighted by Crippen LogP contribution is -2.25. The van der Waals surface area contributed by atoms with Crippen molar-refractivity contribution in [2.24, 2.45) is 4.40 Å². The second-order valence-corrected chi connectivity index (χ2v) is 6.45. The first kappa shape index (κ1) is 12.4. The van der Waals surface area contributed by atoms with E-state index in [0.717, 1.165) is 16.8 Å². The summed E-state index contributed by atoms with van der Waals surface area (Å²) in [5.74, 6) is 0. The van der Waals surface area contributed by atoms with Gasteiger partial charge in [-0.25, -0.2) is 17.2 Å². The highest BCUT2D eigenvalue weighted by molar-refractivity contribution is 7.98. The average Bonchev–Trinajstić information content (AvgIpc) is 2.28. The van der Waals surface area contributed by atoms with Gasteiger partial charge in [0, 0.05) is 18.2 Å². The normalized spacial score (nSPS) is 14.8. The molecule has 0 atom stereocenters. The lowest BCUT2D eigenvalue weighted by Gasteiger charge is -2.23. The van der Waals surface area contributed by atoms with Gasteiger partial charge in [-0.1, -0.05) is 0 Å². The van der Waals surface area contributed by atoms with Crippen molar-refractivity contribution in [1.82, 2.24) is 0 Å². The van der Waals surface area contributed by atoms with E-state index < -0.39 is 16.5 Å². The molecule has 1 aliphatic rings. The third kappa shape index (κ3) is 2.61. The predicted octanol–water partition coefficient (Wildman–Crippen LogP) is 1.92. The van der Waals surface area contributed by atoms with Gasteiger partial charge in [0.25, 0.3) is 0 Å². The van der Waals surface area contributed by atoms with E-state index in [2.05, 4.69) is 4.40 Å². The van der Waals surface area contributed by atoms with Crippen LogP contribution in [0.25, 0.3) is 0 Å². The van der Waals surface area contributed by atoms with Gasteiger partial charge in [0.1, 0.15) is 13.0 Å². The fraction of sp³-hybridized carbons (Fsp3) is 0.300. The largest absolute Gasteiger partial charge is 0.328 e. The number of benzene rings is 1. The van der Waals surface area contributed by atoms with E-state index in [0.29, 0.717) is 0 Å². The Balaban J connectivity index is 2.42. The maximum absolute atomic E-state index is 12.3. The van der Waals surface area contributed by atoms with Crippen LogP contribution < -0.4 is 4.90 Å². The zero-order chi connectivity index (χ0) is 12.5. The van der Waals surface area contributed by atoms with Crippen LogP contribution in [0.15, 0.2) is 32.4 Å². The van der Waals surface area contributed by atoms with Gasteiger partial charge < -0.3 is 4.90 Å². The lowest BCUT2D eigenvalue weighted by atomic mass is 10.3. The maximum Gasteiger partial charge on any atom is 0.175 e. The van der Waals surface area contributed by atoms with E-state index >= 15 is 0 Å². The molecule has 0 unspecified atom stereocenters. The van der Waals surface area contributed by atoms with Crippen LogP contribution in [0.2, 0.25) is 0 Å². The number of hydrogen-bond acceptors (Lipinski definition) is 5. The highest BCUT2D eigenvalue weighted by Crippen LogP contribution is 2.35. The molecule has 0 saturated heterocycles. The Morgan fingerprint density at radius 2 is 2.24 bits per heavy atom. The summed E-state index contributed by atoms with van der Waals surface area (Å²) in [6.45, 7) is -0.265. The van der Waals surface area contributed by atoms with Gasteiger partial charge in [-0.2, -0.15) is 0 Å². The molecule has 0 fully saturated rings. The van der Waals surface area contributed by atoms with Gasteiger partial charge >= 0.3 is 0 Å². The summed E-state index contributed by atoms with van der Waals surface area (Å²) in [5.41, 5.74) is 0.787. The Kier molecular flexibility index (Phi) is 3.39. The number of rotatable bonds is 3. The van der Waals surface area contributed by atoms with Crippen molar-refractivity contribution >= 4 is 33.8 Å². The van der Waals surface area contributed by atoms with Crippen LogP contribution in [0.1, 0.15) is 0 Å². The monoisotopic (exact) mass is 274 g/mol. The summed E-state index contributed by atoms with van der Waals surface area (Å²) in [6.07, 6.45) is 2.71. The smallest absolute Gasteiger partial charge is 0.175 e. The van der Waals surface area contributed by atoms with Gasteiger partial charge in [0.15, 0.2) is 9.84 Å². The van der Waals surface area contributed by atoms with Gasteiger partial charge in [-0.15, -0.1) is 0 Å². The number of hydrogen-bond donors (Lipinski definition) is 0. The summed E-state index contributed by atoms with van der Waals surface area (Å²) >= 11 is 1.19. The molecule has 1 heterocycles. The Hall–Kier alpha value is -1.08. The lowest BCUT2D eigenvalue weighted by molar-refractivity contribution is 0.503. The first-order chi connectivity index (χ1) is 8.02. The van der Waals surface area contributed by atoms with Gasteiger partial charge in [-0.05, 0) is 18.2 Å². The van der Waals surface area contributed by atoms with Crippen LogP contribution in [0.5, 0.6) is 0 Å². The van der Waals surface area contributed by atoms with E-state index in [-0.39, 0.29) is 11.4 Å². The van der Waals surface area contributed by atoms with Crippen molar-refractivity contribution in [2.75, 3.05) is 24.4 Å². The minimum atomic E-state index is -3.22. The molecule has 92 valence electrons. The molecule has 4 nitrogen and oxygen atoms in total. The van der Waals surface area contributed by atoms with E-state index in [1.54, 1.807) is 23.4 Å². The molecule has 0 spiro atoms. The van der Waals surface area contributed by atoms with Crippen molar-refractivity contribution in [3.05, 3.63) is 18.2 Å². The van der Waals surface area contributed by atoms with Crippen LogP contribution in [-0.2, 0) is 9.84 Å². The van der Waals surface area contributed by atoms with E-state index in [1.165, 1.54) is 18.0 Å². The number of sulfone groups is 1. The first-order valence-corrected chi connectivity index (χ1v) is 7.56. The molecule has 0 saturated carbocycles. The summed E-state index contributed by atoms with van der Waals surface area (Å²) in [4.78, 5) is 2.64. The average molecular weight is 274 g/mol.